The van der Waals surface area contributed by atoms with Gasteiger partial charge in [-0.25, -0.2) is 0 Å². The van der Waals surface area contributed by atoms with Crippen LogP contribution in [0.25, 0.3) is 6.08 Å². The Morgan fingerprint density at radius 2 is 2.20 bits per heavy atom. The quantitative estimate of drug-likeness (QED) is 0.576. The van der Waals surface area contributed by atoms with Crippen LogP contribution < -0.4 is 10.1 Å². The molecule has 1 saturated heterocycles. The molecule has 2 rings (SSSR count). The third-order valence-corrected chi connectivity index (χ3v) is 4.21. The van der Waals surface area contributed by atoms with Crippen LogP contribution in [0.5, 0.6) is 5.75 Å². The molecule has 1 amide bonds. The molecule has 0 atom stereocenters. The Morgan fingerprint density at radius 1 is 1.45 bits per heavy atom. The third kappa shape index (κ3) is 3.53. The van der Waals surface area contributed by atoms with Crippen LogP contribution in [0.4, 0.5) is 0 Å². The number of amidine groups is 1. The number of ether oxygens (including phenoxy) is 1. The summed E-state index contributed by atoms with van der Waals surface area (Å²) in [6.07, 6.45) is 3.35. The minimum Gasteiger partial charge on any atom is -0.488 e. The van der Waals surface area contributed by atoms with Crippen LogP contribution in [0.3, 0.4) is 0 Å². The predicted molar refractivity (Wildman–Crippen MR) is 89.0 cm³/mol. The molecule has 1 aromatic carbocycles. The van der Waals surface area contributed by atoms with Crippen LogP contribution in [0.1, 0.15) is 5.56 Å². The molecule has 4 nitrogen and oxygen atoms in total. The van der Waals surface area contributed by atoms with Gasteiger partial charge in [0.2, 0.25) is 0 Å². The molecule has 0 aromatic heterocycles. The van der Waals surface area contributed by atoms with Crippen molar-refractivity contribution >= 4 is 60.8 Å². The number of nitrogens with one attached hydrogen (secondary N) is 2. The van der Waals surface area contributed by atoms with Crippen molar-refractivity contribution in [3.63, 3.8) is 0 Å². The van der Waals surface area contributed by atoms with E-state index in [9.17, 15) is 4.79 Å². The lowest BCUT2D eigenvalue weighted by atomic mass is 10.2. The molecule has 0 saturated carbocycles. The zero-order chi connectivity index (χ0) is 14.7. The summed E-state index contributed by atoms with van der Waals surface area (Å²) in [7, 11) is 0. The number of carbonyl (C=O) groups excluding carboxylic acids is 1. The Bertz CT molecular complexity index is 629. The van der Waals surface area contributed by atoms with Gasteiger partial charge in [0.25, 0.3) is 5.91 Å². The normalized spacial score (nSPS) is 16.4. The van der Waals surface area contributed by atoms with Gasteiger partial charge in [-0.2, -0.15) is 0 Å². The molecule has 1 aliphatic rings. The predicted octanol–water partition coefficient (Wildman–Crippen LogP) is 3.92. The zero-order valence-corrected chi connectivity index (χ0v) is 14.2. The van der Waals surface area contributed by atoms with Gasteiger partial charge in [0.15, 0.2) is 5.17 Å². The summed E-state index contributed by atoms with van der Waals surface area (Å²) in [6, 6.07) is 3.72. The second-order valence-electron chi connectivity index (χ2n) is 3.80. The monoisotopic (exact) mass is 416 g/mol. The second-order valence-corrected chi connectivity index (χ2v) is 6.62. The van der Waals surface area contributed by atoms with Crippen molar-refractivity contribution in [3.8, 4) is 5.75 Å². The fourth-order valence-electron chi connectivity index (χ4n) is 1.56. The van der Waals surface area contributed by atoms with Crippen LogP contribution in [0, 0.1) is 5.41 Å². The Hall–Kier alpha value is -1.05. The van der Waals surface area contributed by atoms with Gasteiger partial charge in [-0.15, -0.1) is 0 Å². The maximum atomic E-state index is 11.7. The second kappa shape index (κ2) is 6.60. The molecule has 20 heavy (non-hydrogen) atoms. The van der Waals surface area contributed by atoms with Crippen molar-refractivity contribution < 1.29 is 9.53 Å². The average Bonchev–Trinajstić information content (AvgIpc) is 2.66. The van der Waals surface area contributed by atoms with Crippen LogP contribution in [-0.4, -0.2) is 17.7 Å². The molecule has 0 aliphatic carbocycles. The molecule has 0 radical (unpaired) electrons. The molecule has 0 spiro atoms. The van der Waals surface area contributed by atoms with Crippen LogP contribution >= 0.6 is 43.6 Å². The van der Waals surface area contributed by atoms with Gasteiger partial charge in [-0.3, -0.25) is 10.2 Å². The number of hydrogen-bond acceptors (Lipinski definition) is 4. The molecule has 1 aliphatic heterocycles. The summed E-state index contributed by atoms with van der Waals surface area (Å²) in [5.74, 6) is 0.359. The minimum absolute atomic E-state index is 0.129. The number of halogens is 2. The summed E-state index contributed by atoms with van der Waals surface area (Å²) in [5.41, 5.74) is 0.750. The van der Waals surface area contributed by atoms with E-state index in [-0.39, 0.29) is 11.1 Å². The topological polar surface area (TPSA) is 62.2 Å². The molecule has 7 heteroatoms. The maximum Gasteiger partial charge on any atom is 0.264 e. The van der Waals surface area contributed by atoms with Gasteiger partial charge >= 0.3 is 0 Å². The minimum atomic E-state index is -0.272. The fourth-order valence-corrected chi connectivity index (χ4v) is 3.63. The Labute approximate surface area is 137 Å². The van der Waals surface area contributed by atoms with Crippen molar-refractivity contribution in [2.45, 2.75) is 0 Å². The summed E-state index contributed by atoms with van der Waals surface area (Å²) < 4.78 is 7.26. The van der Waals surface area contributed by atoms with Gasteiger partial charge in [0.1, 0.15) is 12.4 Å². The standard InChI is InChI=1S/C13H10Br2N2O2S/c1-2-3-19-11-7(4-8(14)6-9(11)15)5-10-12(18)17-13(16)20-10/h2,4-6H,1,3H2,(H2,16,17,18)/b10-5+. The maximum absolute atomic E-state index is 11.7. The van der Waals surface area contributed by atoms with Gasteiger partial charge in [0, 0.05) is 10.0 Å². The van der Waals surface area contributed by atoms with Crippen molar-refractivity contribution in [1.29, 1.82) is 5.41 Å². The molecule has 1 fully saturated rings. The molecule has 1 aromatic rings. The molecule has 0 unspecified atom stereocenters. The molecule has 104 valence electrons. The van der Waals surface area contributed by atoms with E-state index in [0.717, 1.165) is 26.3 Å². The first kappa shape index (κ1) is 15.3. The first-order valence-corrected chi connectivity index (χ1v) is 7.93. The molecule has 2 N–H and O–H groups in total. The number of benzene rings is 1. The Morgan fingerprint density at radius 3 is 2.80 bits per heavy atom. The van der Waals surface area contributed by atoms with Crippen LogP contribution in [0.2, 0.25) is 0 Å². The molecule has 1 heterocycles. The highest BCUT2D eigenvalue weighted by Crippen LogP contribution is 2.36. The highest BCUT2D eigenvalue weighted by molar-refractivity contribution is 9.11. The van der Waals surface area contributed by atoms with Crippen molar-refractivity contribution in [2.75, 3.05) is 6.61 Å². The number of amides is 1. The number of carbonyl (C=O) groups is 1. The van der Waals surface area contributed by atoms with E-state index in [2.05, 4.69) is 43.8 Å². The smallest absolute Gasteiger partial charge is 0.264 e. The lowest BCUT2D eigenvalue weighted by Crippen LogP contribution is -2.18. The van der Waals surface area contributed by atoms with Gasteiger partial charge < -0.3 is 10.1 Å². The van der Waals surface area contributed by atoms with Gasteiger partial charge in [-0.1, -0.05) is 28.6 Å². The van der Waals surface area contributed by atoms with E-state index in [1.807, 2.05) is 12.1 Å². The van der Waals surface area contributed by atoms with E-state index in [1.165, 1.54) is 0 Å². The van der Waals surface area contributed by atoms with E-state index in [4.69, 9.17) is 10.1 Å². The lowest BCUT2D eigenvalue weighted by molar-refractivity contribution is -0.115. The Balaban J connectivity index is 2.44. The van der Waals surface area contributed by atoms with E-state index in [0.29, 0.717) is 17.3 Å². The number of hydrogen-bond donors (Lipinski definition) is 2. The zero-order valence-electron chi connectivity index (χ0n) is 10.2. The first-order valence-electron chi connectivity index (χ1n) is 5.53. The van der Waals surface area contributed by atoms with Crippen LogP contribution in [0.15, 0.2) is 38.6 Å². The Kier molecular flexibility index (Phi) is 5.06. The summed E-state index contributed by atoms with van der Waals surface area (Å²) in [4.78, 5) is 12.1. The van der Waals surface area contributed by atoms with E-state index in [1.54, 1.807) is 12.2 Å². The summed E-state index contributed by atoms with van der Waals surface area (Å²) >= 11 is 7.93. The van der Waals surface area contributed by atoms with Crippen molar-refractivity contribution in [1.82, 2.24) is 5.32 Å². The SMILES string of the molecule is C=CCOc1c(Br)cc(Br)cc1/C=C1/SC(=N)NC1=O. The third-order valence-electron chi connectivity index (χ3n) is 2.33. The van der Waals surface area contributed by atoms with Crippen molar-refractivity contribution in [2.24, 2.45) is 0 Å². The fraction of sp³-hybridized carbons (Fsp3) is 0.0769. The largest absolute Gasteiger partial charge is 0.488 e. The van der Waals surface area contributed by atoms with E-state index < -0.39 is 0 Å². The van der Waals surface area contributed by atoms with Crippen molar-refractivity contribution in [3.05, 3.63) is 44.2 Å². The lowest BCUT2D eigenvalue weighted by Gasteiger charge is -2.11. The molecular weight excluding hydrogens is 408 g/mol. The highest BCUT2D eigenvalue weighted by atomic mass is 79.9. The average molecular weight is 418 g/mol. The van der Waals surface area contributed by atoms with Crippen LogP contribution in [-0.2, 0) is 4.79 Å². The van der Waals surface area contributed by atoms with E-state index >= 15 is 0 Å². The van der Waals surface area contributed by atoms with Gasteiger partial charge in [-0.05, 0) is 45.9 Å². The highest BCUT2D eigenvalue weighted by Gasteiger charge is 2.23. The molecule has 0 bridgehead atoms. The number of thioether (sulfide) groups is 1. The first-order chi connectivity index (χ1) is 9.51. The summed E-state index contributed by atoms with van der Waals surface area (Å²) in [5, 5.41) is 10.0. The summed E-state index contributed by atoms with van der Waals surface area (Å²) in [6.45, 7) is 3.98. The van der Waals surface area contributed by atoms with Gasteiger partial charge in [0.05, 0.1) is 9.38 Å². The number of rotatable bonds is 4. The molecular formula is C13H10Br2N2O2S.